The van der Waals surface area contributed by atoms with Crippen molar-refractivity contribution in [1.29, 1.82) is 0 Å². The average molecular weight is 765 g/mol. The van der Waals surface area contributed by atoms with E-state index < -0.39 is 17.9 Å². The molecule has 5 aliphatic rings. The average Bonchev–Trinajstić information content (AvgIpc) is 3.21. The number of hydrogen-bond donors (Lipinski definition) is 3. The molecule has 9 rings (SSSR count). The Hall–Kier alpha value is -5.57. The first-order valence-corrected chi connectivity index (χ1v) is 19.6. The van der Waals surface area contributed by atoms with Gasteiger partial charge in [0, 0.05) is 74.0 Å². The van der Waals surface area contributed by atoms with E-state index in [-0.39, 0.29) is 24.9 Å². The van der Waals surface area contributed by atoms with Crippen LogP contribution in [-0.2, 0) is 17.8 Å². The van der Waals surface area contributed by atoms with E-state index in [1.165, 1.54) is 0 Å². The second-order valence-electron chi connectivity index (χ2n) is 15.4. The third-order valence-corrected chi connectivity index (χ3v) is 12.0. The van der Waals surface area contributed by atoms with E-state index in [1.807, 2.05) is 53.7 Å². The number of hydrogen-bond acceptors (Lipinski definition) is 11. The zero-order valence-electron chi connectivity index (χ0n) is 31.4. The van der Waals surface area contributed by atoms with E-state index in [2.05, 4.69) is 42.6 Å². The van der Waals surface area contributed by atoms with Gasteiger partial charge in [-0.3, -0.25) is 19.9 Å². The molecule has 15 heteroatoms. The lowest BCUT2D eigenvalue weighted by Gasteiger charge is -2.45. The number of carbonyl (C=O) groups is 2. The first-order chi connectivity index (χ1) is 27.2. The van der Waals surface area contributed by atoms with E-state index in [4.69, 9.17) is 9.72 Å². The van der Waals surface area contributed by atoms with Gasteiger partial charge in [0.1, 0.15) is 12.3 Å². The fourth-order valence-corrected chi connectivity index (χ4v) is 8.86. The second kappa shape index (κ2) is 14.8. The van der Waals surface area contributed by atoms with Crippen LogP contribution < -0.4 is 35.4 Å². The Labute approximate surface area is 324 Å². The Morgan fingerprint density at radius 1 is 0.875 bits per heavy atom. The normalized spacial score (nSPS) is 21.4. The Kier molecular flexibility index (Phi) is 9.55. The maximum absolute atomic E-state index is 15.9. The van der Waals surface area contributed by atoms with Crippen LogP contribution in [0.3, 0.4) is 0 Å². The van der Waals surface area contributed by atoms with Gasteiger partial charge < -0.3 is 25.2 Å². The van der Waals surface area contributed by atoms with Crippen LogP contribution in [0.1, 0.15) is 54.0 Å². The van der Waals surface area contributed by atoms with E-state index in [0.29, 0.717) is 50.1 Å². The Balaban J connectivity index is 0.783. The predicted molar refractivity (Wildman–Crippen MR) is 211 cm³/mol. The van der Waals surface area contributed by atoms with E-state index in [1.54, 1.807) is 17.0 Å². The molecule has 13 nitrogen and oxygen atoms in total. The van der Waals surface area contributed by atoms with Crippen LogP contribution in [0.5, 0.6) is 5.88 Å². The van der Waals surface area contributed by atoms with Crippen molar-refractivity contribution in [2.45, 2.75) is 63.5 Å². The standard InChI is InChI=1S/C41H46F2N10O3/c1-26-35(23-45-38-37(26)44-15-21-56-38)51-16-10-28-22-46-39(48-34(28)24-51)47-29-4-2-27(3-5-29)33-13-19-52(25-41(33,42)43)31-11-17-50(18-12-31)30-6-8-32(9-7-30)53-20-14-36(54)49-40(53)55/h2-9,22-23,31,33,44H,10-21,24-25H2,1H3,(H,46,47,48)(H,49,54,55). The molecule has 0 saturated carbocycles. The van der Waals surface area contributed by atoms with E-state index in [9.17, 15) is 9.59 Å². The van der Waals surface area contributed by atoms with Crippen molar-refractivity contribution in [3.8, 4) is 5.88 Å². The van der Waals surface area contributed by atoms with Gasteiger partial charge in [-0.1, -0.05) is 12.1 Å². The van der Waals surface area contributed by atoms with Gasteiger partial charge >= 0.3 is 6.03 Å². The number of carbonyl (C=O) groups excluding carboxylic acids is 2. The topological polar surface area (TPSA) is 131 Å². The quantitative estimate of drug-likeness (QED) is 0.210. The number of fused-ring (bicyclic) bond motifs is 2. The Morgan fingerprint density at radius 3 is 2.43 bits per heavy atom. The number of benzene rings is 2. The molecule has 1 atom stereocenters. The summed E-state index contributed by atoms with van der Waals surface area (Å²) in [6.07, 6.45) is 6.85. The smallest absolute Gasteiger partial charge is 0.328 e. The zero-order valence-corrected chi connectivity index (χ0v) is 31.4. The number of alkyl halides is 2. The summed E-state index contributed by atoms with van der Waals surface area (Å²) in [7, 11) is 0. The summed E-state index contributed by atoms with van der Waals surface area (Å²) in [5.74, 6) is -2.84. The molecule has 3 saturated heterocycles. The van der Waals surface area contributed by atoms with Crippen LogP contribution in [0.4, 0.5) is 48.0 Å². The van der Waals surface area contributed by atoms with Crippen molar-refractivity contribution in [2.75, 3.05) is 77.8 Å². The molecule has 4 aromatic rings. The monoisotopic (exact) mass is 764 g/mol. The highest BCUT2D eigenvalue weighted by Crippen LogP contribution is 2.42. The van der Waals surface area contributed by atoms with Crippen LogP contribution in [0.25, 0.3) is 0 Å². The summed E-state index contributed by atoms with van der Waals surface area (Å²) in [5.41, 5.74) is 8.33. The molecule has 2 aromatic carbocycles. The van der Waals surface area contributed by atoms with Crippen LogP contribution in [0, 0.1) is 6.92 Å². The molecule has 0 aliphatic carbocycles. The molecule has 3 fully saturated rings. The second-order valence-corrected chi connectivity index (χ2v) is 15.4. The summed E-state index contributed by atoms with van der Waals surface area (Å²) >= 11 is 0. The molecule has 56 heavy (non-hydrogen) atoms. The summed E-state index contributed by atoms with van der Waals surface area (Å²) < 4.78 is 37.4. The zero-order chi connectivity index (χ0) is 38.4. The number of rotatable bonds is 7. The van der Waals surface area contributed by atoms with Crippen molar-refractivity contribution in [1.82, 2.24) is 25.2 Å². The number of pyridine rings is 1. The van der Waals surface area contributed by atoms with Crippen molar-refractivity contribution in [3.63, 3.8) is 0 Å². The largest absolute Gasteiger partial charge is 0.474 e. The van der Waals surface area contributed by atoms with Crippen LogP contribution in [0.2, 0.25) is 0 Å². The lowest BCUT2D eigenvalue weighted by atomic mass is 9.85. The predicted octanol–water partition coefficient (Wildman–Crippen LogP) is 5.83. The number of anilines is 6. The molecule has 7 heterocycles. The number of imide groups is 1. The van der Waals surface area contributed by atoms with Crippen LogP contribution in [0.15, 0.2) is 60.9 Å². The minimum absolute atomic E-state index is 0.104. The molecule has 3 N–H and O–H groups in total. The van der Waals surface area contributed by atoms with E-state index >= 15 is 8.78 Å². The molecule has 0 radical (unpaired) electrons. The lowest BCUT2D eigenvalue weighted by molar-refractivity contribution is -0.120. The number of urea groups is 1. The van der Waals surface area contributed by atoms with Gasteiger partial charge in [-0.2, -0.15) is 0 Å². The highest BCUT2D eigenvalue weighted by Gasteiger charge is 2.47. The summed E-state index contributed by atoms with van der Waals surface area (Å²) in [4.78, 5) is 45.8. The van der Waals surface area contributed by atoms with Crippen molar-refractivity contribution in [2.24, 2.45) is 0 Å². The molecule has 3 amide bonds. The van der Waals surface area contributed by atoms with Crippen molar-refractivity contribution < 1.29 is 23.1 Å². The van der Waals surface area contributed by atoms with Crippen LogP contribution in [-0.4, -0.2) is 96.2 Å². The first kappa shape index (κ1) is 36.1. The molecular weight excluding hydrogens is 719 g/mol. The van der Waals surface area contributed by atoms with E-state index in [0.717, 1.165) is 90.7 Å². The SMILES string of the molecule is Cc1c(N2CCc3cnc(Nc4ccc(C5CCN(C6CCN(c7ccc(N8CCC(=O)NC8=O)cc7)CC6)CC5(F)F)cc4)nc3C2)cnc2c1NCCO2. The molecule has 0 spiro atoms. The minimum atomic E-state index is -2.85. The number of nitrogens with one attached hydrogen (secondary N) is 3. The van der Waals surface area contributed by atoms with Gasteiger partial charge in [-0.25, -0.2) is 28.5 Å². The third kappa shape index (κ3) is 7.15. The fourth-order valence-electron chi connectivity index (χ4n) is 8.86. The Morgan fingerprint density at radius 2 is 1.66 bits per heavy atom. The fraction of sp³-hybridized carbons (Fsp3) is 0.439. The number of likely N-dealkylation sites (tertiary alicyclic amines) is 1. The molecule has 1 unspecified atom stereocenters. The van der Waals surface area contributed by atoms with Gasteiger partial charge in [0.25, 0.3) is 5.92 Å². The number of piperidine rings is 2. The maximum Gasteiger partial charge on any atom is 0.328 e. The number of ether oxygens (including phenoxy) is 1. The van der Waals surface area contributed by atoms with Crippen molar-refractivity contribution >= 4 is 46.3 Å². The molecular formula is C41H46F2N10O3. The highest BCUT2D eigenvalue weighted by molar-refractivity contribution is 6.05. The lowest BCUT2D eigenvalue weighted by Crippen LogP contribution is -2.54. The Bertz CT molecular complexity index is 2110. The summed E-state index contributed by atoms with van der Waals surface area (Å²) in [5, 5.41) is 9.06. The number of amides is 3. The molecule has 292 valence electrons. The summed E-state index contributed by atoms with van der Waals surface area (Å²) in [6.45, 7) is 7.19. The summed E-state index contributed by atoms with van der Waals surface area (Å²) in [6, 6.07) is 14.8. The van der Waals surface area contributed by atoms with Gasteiger partial charge in [0.2, 0.25) is 17.7 Å². The molecule has 0 bridgehead atoms. The van der Waals surface area contributed by atoms with Gasteiger partial charge in [-0.05, 0) is 86.7 Å². The third-order valence-electron chi connectivity index (χ3n) is 12.0. The van der Waals surface area contributed by atoms with Gasteiger partial charge in [0.15, 0.2) is 0 Å². The number of nitrogens with zero attached hydrogens (tertiary/aromatic N) is 7. The van der Waals surface area contributed by atoms with Gasteiger partial charge in [0.05, 0.1) is 36.6 Å². The molecule has 2 aromatic heterocycles. The van der Waals surface area contributed by atoms with Gasteiger partial charge in [-0.15, -0.1) is 0 Å². The van der Waals surface area contributed by atoms with Crippen LogP contribution >= 0.6 is 0 Å². The number of halogens is 2. The maximum atomic E-state index is 15.9. The highest BCUT2D eigenvalue weighted by atomic mass is 19.3. The molecule has 5 aliphatic heterocycles. The first-order valence-electron chi connectivity index (χ1n) is 19.6. The minimum Gasteiger partial charge on any atom is -0.474 e. The number of aromatic nitrogens is 3. The van der Waals surface area contributed by atoms with Crippen molar-refractivity contribution in [3.05, 3.63) is 83.3 Å².